The van der Waals surface area contributed by atoms with Crippen LogP contribution in [0.5, 0.6) is 0 Å². The van der Waals surface area contributed by atoms with Crippen LogP contribution in [0.25, 0.3) is 0 Å². The average Bonchev–Trinajstić information content (AvgIpc) is 2.75. The third kappa shape index (κ3) is 5.86. The zero-order valence-corrected chi connectivity index (χ0v) is 20.7. The molecule has 0 radical (unpaired) electrons. The van der Waals surface area contributed by atoms with Crippen molar-refractivity contribution in [1.29, 1.82) is 0 Å². The van der Waals surface area contributed by atoms with E-state index in [-0.39, 0.29) is 16.1 Å². The number of hydrogen-bond donors (Lipinski definition) is 3. The van der Waals surface area contributed by atoms with Crippen LogP contribution in [0.1, 0.15) is 62.0 Å². The Hall–Kier alpha value is -2.58. The summed E-state index contributed by atoms with van der Waals surface area (Å²) in [7, 11) is -4.00. The van der Waals surface area contributed by atoms with E-state index in [2.05, 4.69) is 42.6 Å². The van der Waals surface area contributed by atoms with E-state index in [1.54, 1.807) is 24.3 Å². The molecule has 180 valence electrons. The molecule has 3 N–H and O–H groups in total. The molecule has 0 heterocycles. The summed E-state index contributed by atoms with van der Waals surface area (Å²) in [5.41, 5.74) is 2.40. The molecule has 1 aliphatic carbocycles. The van der Waals surface area contributed by atoms with Gasteiger partial charge in [-0.2, -0.15) is 0 Å². The van der Waals surface area contributed by atoms with E-state index in [4.69, 9.17) is 0 Å². The first-order valence-electron chi connectivity index (χ1n) is 11.6. The summed E-state index contributed by atoms with van der Waals surface area (Å²) in [5.74, 6) is -1.11. The largest absolute Gasteiger partial charge is 0.478 e. The van der Waals surface area contributed by atoms with Gasteiger partial charge in [0.1, 0.15) is 4.90 Å². The van der Waals surface area contributed by atoms with Gasteiger partial charge in [0.05, 0.1) is 16.9 Å². The maximum atomic E-state index is 13.3. The fourth-order valence-corrected chi connectivity index (χ4v) is 5.89. The molecule has 0 aliphatic heterocycles. The first-order valence-corrected chi connectivity index (χ1v) is 13.1. The van der Waals surface area contributed by atoms with Crippen LogP contribution in [-0.2, 0) is 22.9 Å². The van der Waals surface area contributed by atoms with Gasteiger partial charge in [-0.25, -0.2) is 13.2 Å². The lowest BCUT2D eigenvalue weighted by Crippen LogP contribution is -2.40. The van der Waals surface area contributed by atoms with E-state index in [1.807, 2.05) is 6.07 Å². The van der Waals surface area contributed by atoms with E-state index >= 15 is 0 Å². The minimum absolute atomic E-state index is 0.0609. The van der Waals surface area contributed by atoms with Crippen molar-refractivity contribution in [3.05, 3.63) is 53.1 Å². The van der Waals surface area contributed by atoms with Crippen molar-refractivity contribution >= 4 is 27.4 Å². The Morgan fingerprint density at radius 3 is 2.33 bits per heavy atom. The molecule has 0 spiro atoms. The van der Waals surface area contributed by atoms with Gasteiger partial charge in [0, 0.05) is 25.2 Å². The van der Waals surface area contributed by atoms with Crippen LogP contribution in [0.3, 0.4) is 0 Å². The Morgan fingerprint density at radius 2 is 1.67 bits per heavy atom. The van der Waals surface area contributed by atoms with E-state index < -0.39 is 16.0 Å². The van der Waals surface area contributed by atoms with E-state index in [9.17, 15) is 18.3 Å². The van der Waals surface area contributed by atoms with Crippen molar-refractivity contribution < 1.29 is 18.3 Å². The standard InChI is InChI=1S/C25H35N3O4S/c1-17(2)28(18(3)4)16-15-26-21-11-7-8-12-23(21)33(31,32)27-22-14-13-19-9-5-6-10-20(19)24(22)25(29)30/h7-8,11-14,17-18,26-27H,5-6,9-10,15-16H2,1-4H3,(H,29,30). The number of carboxylic acids is 1. The highest BCUT2D eigenvalue weighted by atomic mass is 32.2. The summed E-state index contributed by atoms with van der Waals surface area (Å²) in [4.78, 5) is 14.5. The maximum absolute atomic E-state index is 13.3. The number of nitrogens with zero attached hydrogens (tertiary/aromatic N) is 1. The summed E-state index contributed by atoms with van der Waals surface area (Å²) in [5, 5.41) is 13.1. The van der Waals surface area contributed by atoms with Crippen LogP contribution in [-0.4, -0.2) is 49.6 Å². The van der Waals surface area contributed by atoms with Crippen molar-refractivity contribution in [3.8, 4) is 0 Å². The lowest BCUT2D eigenvalue weighted by Gasteiger charge is -2.30. The van der Waals surface area contributed by atoms with Gasteiger partial charge in [-0.1, -0.05) is 18.2 Å². The van der Waals surface area contributed by atoms with Gasteiger partial charge < -0.3 is 10.4 Å². The quantitative estimate of drug-likeness (QED) is 0.467. The predicted molar refractivity (Wildman–Crippen MR) is 133 cm³/mol. The molecule has 3 rings (SSSR count). The van der Waals surface area contributed by atoms with Crippen molar-refractivity contribution in [2.45, 2.75) is 70.4 Å². The number of hydrogen-bond acceptors (Lipinski definition) is 5. The molecule has 0 bridgehead atoms. The summed E-state index contributed by atoms with van der Waals surface area (Å²) >= 11 is 0. The monoisotopic (exact) mass is 473 g/mol. The third-order valence-corrected chi connectivity index (χ3v) is 7.60. The molecule has 0 saturated heterocycles. The fraction of sp³-hybridized carbons (Fsp3) is 0.480. The van der Waals surface area contributed by atoms with Crippen LogP contribution in [0, 0.1) is 0 Å². The Balaban J connectivity index is 1.85. The first-order chi connectivity index (χ1) is 15.6. The number of sulfonamides is 1. The first kappa shape index (κ1) is 25.1. The zero-order valence-electron chi connectivity index (χ0n) is 19.9. The third-order valence-electron chi connectivity index (χ3n) is 6.18. The van der Waals surface area contributed by atoms with Gasteiger partial charge in [-0.15, -0.1) is 0 Å². The minimum atomic E-state index is -4.00. The Kier molecular flexibility index (Phi) is 8.02. The second-order valence-corrected chi connectivity index (χ2v) is 10.7. The van der Waals surface area contributed by atoms with Crippen LogP contribution in [0.4, 0.5) is 11.4 Å². The number of benzene rings is 2. The molecule has 0 amide bonds. The van der Waals surface area contributed by atoms with Crippen LogP contribution in [0.2, 0.25) is 0 Å². The van der Waals surface area contributed by atoms with Crippen molar-refractivity contribution in [1.82, 2.24) is 4.90 Å². The average molecular weight is 474 g/mol. The van der Waals surface area contributed by atoms with Gasteiger partial charge in [-0.05, 0) is 82.7 Å². The molecule has 2 aromatic rings. The second-order valence-electron chi connectivity index (χ2n) is 9.09. The molecule has 0 unspecified atom stereocenters. The van der Waals surface area contributed by atoms with Crippen molar-refractivity contribution in [2.75, 3.05) is 23.1 Å². The number of carbonyl (C=O) groups is 1. The minimum Gasteiger partial charge on any atom is -0.478 e. The molecular weight excluding hydrogens is 438 g/mol. The summed E-state index contributed by atoms with van der Waals surface area (Å²) in [6, 6.07) is 10.9. The van der Waals surface area contributed by atoms with E-state index in [0.29, 0.717) is 30.7 Å². The molecule has 8 heteroatoms. The molecule has 0 atom stereocenters. The fourth-order valence-electron chi connectivity index (χ4n) is 4.64. The topological polar surface area (TPSA) is 98.7 Å². The Morgan fingerprint density at radius 1 is 1.00 bits per heavy atom. The highest BCUT2D eigenvalue weighted by Crippen LogP contribution is 2.32. The molecule has 7 nitrogen and oxygen atoms in total. The van der Waals surface area contributed by atoms with Crippen molar-refractivity contribution in [3.63, 3.8) is 0 Å². The molecular formula is C25H35N3O4S. The predicted octanol–water partition coefficient (Wildman–Crippen LogP) is 4.60. The number of rotatable bonds is 10. The Bertz CT molecular complexity index is 1090. The van der Waals surface area contributed by atoms with Crippen molar-refractivity contribution in [2.24, 2.45) is 0 Å². The number of aromatic carboxylic acids is 1. The van der Waals surface area contributed by atoms with E-state index in [0.717, 1.165) is 36.9 Å². The highest BCUT2D eigenvalue weighted by molar-refractivity contribution is 7.92. The lowest BCUT2D eigenvalue weighted by atomic mass is 9.87. The van der Waals surface area contributed by atoms with Crippen LogP contribution >= 0.6 is 0 Å². The molecule has 0 fully saturated rings. The van der Waals surface area contributed by atoms with Gasteiger partial charge in [0.2, 0.25) is 0 Å². The number of para-hydroxylation sites is 1. The normalized spacial score (nSPS) is 13.9. The lowest BCUT2D eigenvalue weighted by molar-refractivity contribution is 0.0696. The van der Waals surface area contributed by atoms with Crippen LogP contribution in [0.15, 0.2) is 41.3 Å². The SMILES string of the molecule is CC(C)N(CCNc1ccccc1S(=O)(=O)Nc1ccc2c(c1C(=O)O)CCCC2)C(C)C. The maximum Gasteiger partial charge on any atom is 0.338 e. The Labute approximate surface area is 197 Å². The summed E-state index contributed by atoms with van der Waals surface area (Å²) in [6.07, 6.45) is 3.38. The highest BCUT2D eigenvalue weighted by Gasteiger charge is 2.26. The number of fused-ring (bicyclic) bond motifs is 1. The molecule has 0 aromatic heterocycles. The summed E-state index contributed by atoms with van der Waals surface area (Å²) < 4.78 is 29.2. The molecule has 2 aromatic carbocycles. The number of carboxylic acid groups (broad SMARTS) is 1. The van der Waals surface area contributed by atoms with Gasteiger partial charge >= 0.3 is 5.97 Å². The smallest absolute Gasteiger partial charge is 0.338 e. The van der Waals surface area contributed by atoms with Gasteiger partial charge in [0.25, 0.3) is 10.0 Å². The second kappa shape index (κ2) is 10.6. The molecule has 1 aliphatic rings. The van der Waals surface area contributed by atoms with Gasteiger partial charge in [0.15, 0.2) is 0 Å². The van der Waals surface area contributed by atoms with E-state index in [1.165, 1.54) is 6.07 Å². The molecule has 0 saturated carbocycles. The van der Waals surface area contributed by atoms with Gasteiger partial charge in [-0.3, -0.25) is 9.62 Å². The number of aryl methyl sites for hydroxylation is 1. The molecule has 33 heavy (non-hydrogen) atoms. The zero-order chi connectivity index (χ0) is 24.2. The van der Waals surface area contributed by atoms with Crippen LogP contribution < -0.4 is 10.0 Å². The summed E-state index contributed by atoms with van der Waals surface area (Å²) in [6.45, 7) is 9.91. The number of anilines is 2. The number of nitrogens with one attached hydrogen (secondary N) is 2.